The molecule has 1 aromatic heterocycles. The predicted molar refractivity (Wildman–Crippen MR) is 83.5 cm³/mol. The second-order valence-corrected chi connectivity index (χ2v) is 6.02. The van der Waals surface area contributed by atoms with Gasteiger partial charge in [-0.2, -0.15) is 0 Å². The normalized spacial score (nSPS) is 21.8. The average molecular weight is 309 g/mol. The largest absolute Gasteiger partial charge is 0.391 e. The first-order valence-electron chi connectivity index (χ1n) is 8.31. The second kappa shape index (κ2) is 8.17. The van der Waals surface area contributed by atoms with Crippen LogP contribution in [-0.2, 0) is 6.54 Å². The lowest BCUT2D eigenvalue weighted by atomic mass is 9.93. The van der Waals surface area contributed by atoms with Crippen LogP contribution in [0.3, 0.4) is 0 Å². The van der Waals surface area contributed by atoms with Crippen molar-refractivity contribution in [2.45, 2.75) is 77.0 Å². The van der Waals surface area contributed by atoms with E-state index in [1.165, 1.54) is 0 Å². The van der Waals surface area contributed by atoms with Gasteiger partial charge in [-0.05, 0) is 25.7 Å². The van der Waals surface area contributed by atoms with E-state index >= 15 is 0 Å². The number of aliphatic hydroxyl groups excluding tert-OH is 1. The molecule has 0 aliphatic heterocycles. The van der Waals surface area contributed by atoms with Crippen molar-refractivity contribution in [3.8, 4) is 0 Å². The second-order valence-electron chi connectivity index (χ2n) is 6.02. The van der Waals surface area contributed by atoms with Gasteiger partial charge in [0.15, 0.2) is 5.76 Å². The van der Waals surface area contributed by atoms with Crippen LogP contribution in [0.2, 0.25) is 0 Å². The summed E-state index contributed by atoms with van der Waals surface area (Å²) in [6.45, 7) is 4.56. The highest BCUT2D eigenvalue weighted by Crippen LogP contribution is 2.22. The highest BCUT2D eigenvalue weighted by Gasteiger charge is 2.24. The van der Waals surface area contributed by atoms with E-state index in [9.17, 15) is 9.90 Å². The number of nitrogens with one attached hydrogen (secondary N) is 2. The molecular weight excluding hydrogens is 282 g/mol. The summed E-state index contributed by atoms with van der Waals surface area (Å²) in [5.74, 6) is 1.06. The van der Waals surface area contributed by atoms with E-state index in [4.69, 9.17) is 4.52 Å². The fourth-order valence-electron chi connectivity index (χ4n) is 2.98. The van der Waals surface area contributed by atoms with Crippen LogP contribution in [0.5, 0.6) is 0 Å². The Morgan fingerprint density at radius 2 is 2.14 bits per heavy atom. The molecule has 1 heterocycles. The fraction of sp³-hybridized carbons (Fsp3) is 0.750. The molecule has 2 rings (SSSR count). The Hall–Kier alpha value is -1.56. The van der Waals surface area contributed by atoms with Gasteiger partial charge >= 0.3 is 6.03 Å². The maximum atomic E-state index is 11.9. The Morgan fingerprint density at radius 3 is 2.82 bits per heavy atom. The zero-order valence-corrected chi connectivity index (χ0v) is 13.5. The average Bonchev–Trinajstić information content (AvgIpc) is 2.98. The van der Waals surface area contributed by atoms with Crippen molar-refractivity contribution < 1.29 is 14.4 Å². The Bertz CT molecular complexity index is 471. The lowest BCUT2D eigenvalue weighted by molar-refractivity contribution is 0.0942. The van der Waals surface area contributed by atoms with Crippen molar-refractivity contribution in [2.24, 2.45) is 0 Å². The van der Waals surface area contributed by atoms with Gasteiger partial charge in [0.05, 0.1) is 24.4 Å². The minimum Gasteiger partial charge on any atom is -0.391 e. The van der Waals surface area contributed by atoms with Gasteiger partial charge in [-0.1, -0.05) is 31.8 Å². The van der Waals surface area contributed by atoms with Crippen molar-refractivity contribution >= 4 is 6.03 Å². The molecule has 22 heavy (non-hydrogen) atoms. The van der Waals surface area contributed by atoms with Crippen LogP contribution in [0.1, 0.15) is 69.7 Å². The Labute approximate surface area is 131 Å². The zero-order valence-electron chi connectivity index (χ0n) is 13.5. The fourth-order valence-corrected chi connectivity index (χ4v) is 2.98. The molecule has 0 bridgehead atoms. The van der Waals surface area contributed by atoms with Gasteiger partial charge in [0.1, 0.15) is 0 Å². The molecule has 2 amide bonds. The molecule has 1 aliphatic rings. The molecule has 0 spiro atoms. The molecule has 6 heteroatoms. The molecule has 3 N–H and O–H groups in total. The number of amides is 2. The SMILES string of the molecule is CCC(CC)c1cc(CNC(=O)NC2CCCCC2O)on1. The summed E-state index contributed by atoms with van der Waals surface area (Å²) >= 11 is 0. The predicted octanol–water partition coefficient (Wildman–Crippen LogP) is 2.68. The van der Waals surface area contributed by atoms with Crippen LogP contribution in [0.25, 0.3) is 0 Å². The Balaban J connectivity index is 1.78. The molecule has 0 saturated heterocycles. The standard InChI is InChI=1S/C16H27N3O3/c1-3-11(4-2)14-9-12(22-19-14)10-17-16(21)18-13-7-5-6-8-15(13)20/h9,11,13,15,20H,3-8,10H2,1-2H3,(H2,17,18,21). The summed E-state index contributed by atoms with van der Waals surface area (Å²) in [6, 6.07) is 1.49. The molecular formula is C16H27N3O3. The number of aliphatic hydroxyl groups is 1. The summed E-state index contributed by atoms with van der Waals surface area (Å²) in [6.07, 6.45) is 5.26. The van der Waals surface area contributed by atoms with Gasteiger partial charge in [0.2, 0.25) is 0 Å². The van der Waals surface area contributed by atoms with Crippen LogP contribution in [0.15, 0.2) is 10.6 Å². The number of rotatable bonds is 6. The van der Waals surface area contributed by atoms with Gasteiger partial charge in [0, 0.05) is 12.0 Å². The van der Waals surface area contributed by atoms with Crippen LogP contribution in [0.4, 0.5) is 4.79 Å². The molecule has 0 aromatic carbocycles. The summed E-state index contributed by atoms with van der Waals surface area (Å²) < 4.78 is 5.27. The minimum absolute atomic E-state index is 0.149. The van der Waals surface area contributed by atoms with E-state index < -0.39 is 6.10 Å². The van der Waals surface area contributed by atoms with E-state index in [2.05, 4.69) is 29.6 Å². The van der Waals surface area contributed by atoms with Crippen LogP contribution in [0, 0.1) is 0 Å². The molecule has 0 radical (unpaired) electrons. The first kappa shape index (κ1) is 16.8. The number of hydrogen-bond donors (Lipinski definition) is 3. The van der Waals surface area contributed by atoms with Crippen molar-refractivity contribution in [3.05, 3.63) is 17.5 Å². The molecule has 124 valence electrons. The first-order valence-corrected chi connectivity index (χ1v) is 8.31. The number of aromatic nitrogens is 1. The Kier molecular flexibility index (Phi) is 6.24. The first-order chi connectivity index (χ1) is 10.6. The van der Waals surface area contributed by atoms with E-state index in [-0.39, 0.29) is 12.1 Å². The topological polar surface area (TPSA) is 87.4 Å². The van der Waals surface area contributed by atoms with Crippen LogP contribution >= 0.6 is 0 Å². The number of nitrogens with zero attached hydrogens (tertiary/aromatic N) is 1. The van der Waals surface area contributed by atoms with Gasteiger partial charge in [-0.3, -0.25) is 0 Å². The van der Waals surface area contributed by atoms with Gasteiger partial charge in [-0.25, -0.2) is 4.79 Å². The van der Waals surface area contributed by atoms with Crippen LogP contribution < -0.4 is 10.6 Å². The van der Waals surface area contributed by atoms with E-state index in [0.717, 1.165) is 44.2 Å². The molecule has 1 saturated carbocycles. The molecule has 2 unspecified atom stereocenters. The summed E-state index contributed by atoms with van der Waals surface area (Å²) in [7, 11) is 0. The monoisotopic (exact) mass is 309 g/mol. The number of carbonyl (C=O) groups is 1. The van der Waals surface area contributed by atoms with Gasteiger partial charge in [0.25, 0.3) is 0 Å². The smallest absolute Gasteiger partial charge is 0.315 e. The lowest BCUT2D eigenvalue weighted by Gasteiger charge is -2.28. The lowest BCUT2D eigenvalue weighted by Crippen LogP contribution is -2.48. The number of hydrogen-bond acceptors (Lipinski definition) is 4. The quantitative estimate of drug-likeness (QED) is 0.754. The van der Waals surface area contributed by atoms with Crippen LogP contribution in [-0.4, -0.2) is 28.4 Å². The summed E-state index contributed by atoms with van der Waals surface area (Å²) in [4.78, 5) is 11.9. The van der Waals surface area contributed by atoms with Crippen molar-refractivity contribution in [3.63, 3.8) is 0 Å². The molecule has 1 aliphatic carbocycles. The molecule has 1 aromatic rings. The minimum atomic E-state index is -0.439. The Morgan fingerprint density at radius 1 is 1.41 bits per heavy atom. The zero-order chi connectivity index (χ0) is 15.9. The molecule has 6 nitrogen and oxygen atoms in total. The highest BCUT2D eigenvalue weighted by molar-refractivity contribution is 5.74. The van der Waals surface area contributed by atoms with E-state index in [0.29, 0.717) is 18.2 Å². The molecule has 1 fully saturated rings. The summed E-state index contributed by atoms with van der Waals surface area (Å²) in [5.41, 5.74) is 0.949. The summed E-state index contributed by atoms with van der Waals surface area (Å²) in [5, 5.41) is 19.5. The van der Waals surface area contributed by atoms with Crippen molar-refractivity contribution in [1.29, 1.82) is 0 Å². The van der Waals surface area contributed by atoms with Crippen molar-refractivity contribution in [2.75, 3.05) is 0 Å². The number of urea groups is 1. The third kappa shape index (κ3) is 4.47. The third-order valence-electron chi connectivity index (χ3n) is 4.45. The maximum absolute atomic E-state index is 11.9. The molecule has 2 atom stereocenters. The highest BCUT2D eigenvalue weighted by atomic mass is 16.5. The maximum Gasteiger partial charge on any atom is 0.315 e. The third-order valence-corrected chi connectivity index (χ3v) is 4.45. The van der Waals surface area contributed by atoms with Gasteiger partial charge < -0.3 is 20.3 Å². The van der Waals surface area contributed by atoms with Crippen molar-refractivity contribution in [1.82, 2.24) is 15.8 Å². The van der Waals surface area contributed by atoms with E-state index in [1.54, 1.807) is 0 Å². The number of carbonyl (C=O) groups excluding carboxylic acids is 1. The van der Waals surface area contributed by atoms with E-state index in [1.807, 2.05) is 6.07 Å². The van der Waals surface area contributed by atoms with Gasteiger partial charge in [-0.15, -0.1) is 0 Å².